The number of carbonyl (C=O) groups is 4. The minimum absolute atomic E-state index is 0.109. The van der Waals surface area contributed by atoms with Gasteiger partial charge in [0.15, 0.2) is 12.2 Å². The van der Waals surface area contributed by atoms with Gasteiger partial charge in [-0.05, 0) is 25.7 Å². The van der Waals surface area contributed by atoms with E-state index in [0.29, 0.717) is 25.7 Å². The second-order valence-electron chi connectivity index (χ2n) is 29.2. The lowest BCUT2D eigenvalue weighted by Crippen LogP contribution is -2.30. The van der Waals surface area contributed by atoms with E-state index in [0.717, 1.165) is 89.9 Å². The van der Waals surface area contributed by atoms with Crippen molar-refractivity contribution in [3.63, 3.8) is 0 Å². The molecule has 0 fully saturated rings. The van der Waals surface area contributed by atoms with Crippen LogP contribution in [0.5, 0.6) is 0 Å². The van der Waals surface area contributed by atoms with Crippen molar-refractivity contribution in [3.8, 4) is 0 Å². The summed E-state index contributed by atoms with van der Waals surface area (Å²) in [4.78, 5) is 73.1. The van der Waals surface area contributed by atoms with E-state index >= 15 is 0 Å². The zero-order valence-corrected chi connectivity index (χ0v) is 67.0. The van der Waals surface area contributed by atoms with Gasteiger partial charge in [0.2, 0.25) is 0 Å². The number of unbranched alkanes of at least 4 members (excludes halogenated alkanes) is 56. The summed E-state index contributed by atoms with van der Waals surface area (Å²) in [5.41, 5.74) is 0. The van der Waals surface area contributed by atoms with Crippen LogP contribution >= 0.6 is 15.6 Å². The smallest absolute Gasteiger partial charge is 0.462 e. The van der Waals surface area contributed by atoms with Crippen LogP contribution in [0.1, 0.15) is 439 Å². The maximum absolute atomic E-state index is 13.1. The first kappa shape index (κ1) is 98.1. The second kappa shape index (κ2) is 75.3. The van der Waals surface area contributed by atoms with Gasteiger partial charge >= 0.3 is 39.5 Å². The zero-order chi connectivity index (χ0) is 73.2. The Morgan fingerprint density at radius 2 is 0.400 bits per heavy atom. The van der Waals surface area contributed by atoms with Gasteiger partial charge in [0, 0.05) is 25.7 Å². The topological polar surface area (TPSA) is 237 Å². The number of ether oxygens (including phenoxy) is 4. The molecule has 5 atom stereocenters. The van der Waals surface area contributed by atoms with Gasteiger partial charge in [-0.3, -0.25) is 37.3 Å². The van der Waals surface area contributed by atoms with E-state index in [1.807, 2.05) is 0 Å². The van der Waals surface area contributed by atoms with Gasteiger partial charge in [0.1, 0.15) is 19.3 Å². The Morgan fingerprint density at radius 1 is 0.240 bits per heavy atom. The van der Waals surface area contributed by atoms with Gasteiger partial charge in [0.05, 0.1) is 26.4 Å². The molecule has 0 heterocycles. The number of phosphoric acid groups is 2. The Hall–Kier alpha value is -1.94. The number of hydrogen-bond acceptors (Lipinski definition) is 15. The van der Waals surface area contributed by atoms with E-state index in [1.54, 1.807) is 0 Å². The molecule has 0 aliphatic carbocycles. The maximum atomic E-state index is 13.1. The van der Waals surface area contributed by atoms with Gasteiger partial charge in [0.25, 0.3) is 0 Å². The molecule has 0 aromatic carbocycles. The summed E-state index contributed by atoms with van der Waals surface area (Å²) >= 11 is 0. The Balaban J connectivity index is 5.24. The molecule has 594 valence electrons. The first-order valence-corrected chi connectivity index (χ1v) is 45.3. The molecule has 0 aliphatic rings. The van der Waals surface area contributed by atoms with E-state index in [-0.39, 0.29) is 25.7 Å². The lowest BCUT2D eigenvalue weighted by atomic mass is 10.0. The van der Waals surface area contributed by atoms with Crippen molar-refractivity contribution in [2.75, 3.05) is 39.6 Å². The molecule has 0 aromatic heterocycles. The normalized spacial score (nSPS) is 13.8. The first-order chi connectivity index (χ1) is 48.7. The van der Waals surface area contributed by atoms with Crippen LogP contribution < -0.4 is 0 Å². The fourth-order valence-electron chi connectivity index (χ4n) is 12.6. The van der Waals surface area contributed by atoms with E-state index in [2.05, 4.69) is 27.7 Å². The molecule has 19 heteroatoms. The van der Waals surface area contributed by atoms with Crippen molar-refractivity contribution in [2.45, 2.75) is 457 Å². The molecule has 17 nitrogen and oxygen atoms in total. The van der Waals surface area contributed by atoms with Crippen molar-refractivity contribution in [3.05, 3.63) is 0 Å². The highest BCUT2D eigenvalue weighted by Gasteiger charge is 2.30. The Bertz CT molecular complexity index is 1890. The molecule has 2 unspecified atom stereocenters. The average Bonchev–Trinajstić information content (AvgIpc) is 1.93. The molecule has 0 rings (SSSR count). The van der Waals surface area contributed by atoms with Crippen LogP contribution in [0, 0.1) is 0 Å². The van der Waals surface area contributed by atoms with Crippen LogP contribution in [-0.2, 0) is 65.4 Å². The van der Waals surface area contributed by atoms with Crippen LogP contribution in [0.2, 0.25) is 0 Å². The minimum atomic E-state index is -4.96. The number of carbonyl (C=O) groups excluding carboxylic acids is 4. The van der Waals surface area contributed by atoms with E-state index in [9.17, 15) is 43.2 Å². The molecule has 0 amide bonds. The fourth-order valence-corrected chi connectivity index (χ4v) is 14.2. The summed E-state index contributed by atoms with van der Waals surface area (Å²) in [5.74, 6) is -2.10. The van der Waals surface area contributed by atoms with E-state index in [1.165, 1.54) is 270 Å². The summed E-state index contributed by atoms with van der Waals surface area (Å²) < 4.78 is 68.8. The molecule has 0 saturated heterocycles. The van der Waals surface area contributed by atoms with E-state index < -0.39 is 97.5 Å². The highest BCUT2D eigenvalue weighted by molar-refractivity contribution is 7.47. The van der Waals surface area contributed by atoms with Crippen molar-refractivity contribution in [1.82, 2.24) is 0 Å². The van der Waals surface area contributed by atoms with Crippen LogP contribution in [-0.4, -0.2) is 96.7 Å². The Labute approximate surface area is 613 Å². The Morgan fingerprint density at radius 3 is 0.590 bits per heavy atom. The summed E-state index contributed by atoms with van der Waals surface area (Å²) in [7, 11) is -9.92. The zero-order valence-electron chi connectivity index (χ0n) is 65.2. The monoisotopic (exact) mass is 1470 g/mol. The average molecular weight is 1470 g/mol. The predicted molar refractivity (Wildman–Crippen MR) is 409 cm³/mol. The van der Waals surface area contributed by atoms with Gasteiger partial charge in [-0.1, -0.05) is 387 Å². The molecule has 0 aliphatic heterocycles. The summed E-state index contributed by atoms with van der Waals surface area (Å²) in [6.07, 6.45) is 67.8. The maximum Gasteiger partial charge on any atom is 0.472 e. The number of aliphatic hydroxyl groups is 1. The first-order valence-electron chi connectivity index (χ1n) is 42.3. The lowest BCUT2D eigenvalue weighted by Gasteiger charge is -2.21. The third kappa shape index (κ3) is 74.3. The van der Waals surface area contributed by atoms with Crippen molar-refractivity contribution in [1.29, 1.82) is 0 Å². The van der Waals surface area contributed by atoms with Crippen LogP contribution in [0.25, 0.3) is 0 Å². The van der Waals surface area contributed by atoms with E-state index in [4.69, 9.17) is 37.0 Å². The number of rotatable bonds is 82. The molecule has 0 saturated carbocycles. The fraction of sp³-hybridized carbons (Fsp3) is 0.951. The Kier molecular flexibility index (Phi) is 73.8. The molecule has 100 heavy (non-hydrogen) atoms. The largest absolute Gasteiger partial charge is 0.472 e. The number of aliphatic hydroxyl groups excluding tert-OH is 1. The van der Waals surface area contributed by atoms with Gasteiger partial charge < -0.3 is 33.8 Å². The standard InChI is InChI=1S/C81H158O17P2/c1-5-9-13-17-21-25-29-33-35-37-39-43-46-50-54-58-62-66-79(84)92-72-76(97-80(85)67-63-59-55-51-47-42-32-28-24-20-16-12-8-4)73-95-99(87,88)93-69-75(82)70-94-100(89,90)96-74-77(71-91-78(83)65-61-57-53-49-45-41-31-27-23-19-15-11-7-3)98-81(86)68-64-60-56-52-48-44-40-38-36-34-30-26-22-18-14-10-6-2/h75-77,82H,5-74H2,1-4H3,(H,87,88)(H,89,90)/t75-,76+,77+/m0/s1. The molecule has 0 bridgehead atoms. The van der Waals surface area contributed by atoms with Crippen molar-refractivity contribution in [2.24, 2.45) is 0 Å². The van der Waals surface area contributed by atoms with Gasteiger partial charge in [-0.15, -0.1) is 0 Å². The molecule has 0 spiro atoms. The van der Waals surface area contributed by atoms with Gasteiger partial charge in [-0.2, -0.15) is 0 Å². The predicted octanol–water partition coefficient (Wildman–Crippen LogP) is 24.6. The molecule has 0 aromatic rings. The van der Waals surface area contributed by atoms with Crippen LogP contribution in [0.15, 0.2) is 0 Å². The molecular formula is C81H158O17P2. The third-order valence-corrected chi connectivity index (χ3v) is 21.0. The lowest BCUT2D eigenvalue weighted by molar-refractivity contribution is -0.161. The summed E-state index contributed by atoms with van der Waals surface area (Å²) in [5, 5.41) is 10.6. The highest BCUT2D eigenvalue weighted by Crippen LogP contribution is 2.45. The summed E-state index contributed by atoms with van der Waals surface area (Å²) in [6, 6.07) is 0. The second-order valence-corrected chi connectivity index (χ2v) is 32.1. The van der Waals surface area contributed by atoms with Gasteiger partial charge in [-0.25, -0.2) is 9.13 Å². The minimum Gasteiger partial charge on any atom is -0.462 e. The van der Waals surface area contributed by atoms with Crippen molar-refractivity contribution >= 4 is 39.5 Å². The van der Waals surface area contributed by atoms with Crippen molar-refractivity contribution < 1.29 is 80.2 Å². The number of phosphoric ester groups is 2. The number of esters is 4. The quantitative estimate of drug-likeness (QED) is 0.0222. The number of hydrogen-bond donors (Lipinski definition) is 3. The summed E-state index contributed by atoms with van der Waals surface area (Å²) in [6.45, 7) is 5.04. The SMILES string of the molecule is CCCCCCCCCCCCCCCCCCCC(=O)OC[C@H](COP(=O)(O)OC[C@H](O)COP(=O)(O)OC[C@@H](COC(=O)CCCCCCCCCCCCCCC)OC(=O)CCCCCCCCCCCCCCCCCCC)OC(=O)CCCCCCCCCCCCCCC. The molecular weight excluding hydrogens is 1310 g/mol. The third-order valence-electron chi connectivity index (χ3n) is 19.1. The van der Waals surface area contributed by atoms with Crippen LogP contribution in [0.3, 0.4) is 0 Å². The molecule has 0 radical (unpaired) electrons. The van der Waals surface area contributed by atoms with Crippen LogP contribution in [0.4, 0.5) is 0 Å². The molecule has 3 N–H and O–H groups in total. The highest BCUT2D eigenvalue weighted by atomic mass is 31.2.